The van der Waals surface area contributed by atoms with E-state index >= 15 is 0 Å². The molecule has 2 aromatic carbocycles. The zero-order valence-corrected chi connectivity index (χ0v) is 12.2. The number of halogens is 2. The minimum Gasteiger partial charge on any atom is -0.350 e. The Morgan fingerprint density at radius 2 is 1.71 bits per heavy atom. The van der Waals surface area contributed by atoms with Gasteiger partial charge in [0.15, 0.2) is 11.6 Å². The Balaban J connectivity index is 2.51. The Labute approximate surface area is 123 Å². The van der Waals surface area contributed by atoms with Crippen LogP contribution in [0.1, 0.15) is 36.5 Å². The summed E-state index contributed by atoms with van der Waals surface area (Å²) in [5.74, 6) is -1.33. The number of hydrogen-bond donors (Lipinski definition) is 1. The van der Waals surface area contributed by atoms with Gasteiger partial charge >= 0.3 is 0 Å². The summed E-state index contributed by atoms with van der Waals surface area (Å²) >= 11 is 0. The van der Waals surface area contributed by atoms with Gasteiger partial charge in [0, 0.05) is 5.69 Å². The highest BCUT2D eigenvalue weighted by Crippen LogP contribution is 2.32. The van der Waals surface area contributed by atoms with Crippen LogP contribution in [-0.4, -0.2) is 0 Å². The average Bonchev–Trinajstić information content (AvgIpc) is 2.43. The molecule has 2 aromatic rings. The van der Waals surface area contributed by atoms with Crippen LogP contribution in [-0.2, 0) is 0 Å². The van der Waals surface area contributed by atoms with E-state index in [4.69, 9.17) is 5.26 Å². The van der Waals surface area contributed by atoms with Gasteiger partial charge in [-0.3, -0.25) is 0 Å². The second kappa shape index (κ2) is 5.92. The molecule has 0 unspecified atom stereocenters. The lowest BCUT2D eigenvalue weighted by atomic mass is 9.98. The van der Waals surface area contributed by atoms with Crippen molar-refractivity contribution in [3.63, 3.8) is 0 Å². The molecule has 0 fully saturated rings. The SMILES string of the molecule is Cc1cccc(C(C)C)c1Nc1c(F)cc(C#N)cc1F. The summed E-state index contributed by atoms with van der Waals surface area (Å²) in [6, 6.07) is 9.52. The summed E-state index contributed by atoms with van der Waals surface area (Å²) in [7, 11) is 0. The van der Waals surface area contributed by atoms with Crippen molar-refractivity contribution in [1.29, 1.82) is 5.26 Å². The van der Waals surface area contributed by atoms with E-state index < -0.39 is 11.6 Å². The van der Waals surface area contributed by atoms with Crippen LogP contribution < -0.4 is 5.32 Å². The topological polar surface area (TPSA) is 35.8 Å². The van der Waals surface area contributed by atoms with Crippen molar-refractivity contribution in [2.45, 2.75) is 26.7 Å². The number of benzene rings is 2. The molecule has 0 bridgehead atoms. The van der Waals surface area contributed by atoms with Crippen LogP contribution in [0.5, 0.6) is 0 Å². The molecule has 21 heavy (non-hydrogen) atoms. The minimum absolute atomic E-state index is 0.0376. The van der Waals surface area contributed by atoms with E-state index in [1.54, 1.807) is 6.07 Å². The molecule has 0 aliphatic heterocycles. The Hall–Kier alpha value is -2.41. The second-order valence-electron chi connectivity index (χ2n) is 5.25. The number of aryl methyl sites for hydroxylation is 1. The van der Waals surface area contributed by atoms with Crippen LogP contribution in [0.4, 0.5) is 20.2 Å². The summed E-state index contributed by atoms with van der Waals surface area (Å²) in [6.45, 7) is 5.92. The molecule has 0 saturated carbocycles. The van der Waals surface area contributed by atoms with E-state index in [9.17, 15) is 8.78 Å². The first kappa shape index (κ1) is 15.0. The highest BCUT2D eigenvalue weighted by molar-refractivity contribution is 5.68. The summed E-state index contributed by atoms with van der Waals surface area (Å²) in [5, 5.41) is 11.6. The summed E-state index contributed by atoms with van der Waals surface area (Å²) < 4.78 is 28.0. The summed E-state index contributed by atoms with van der Waals surface area (Å²) in [6.07, 6.45) is 0. The van der Waals surface area contributed by atoms with Gasteiger partial charge in [-0.05, 0) is 36.1 Å². The van der Waals surface area contributed by atoms with Gasteiger partial charge in [0.2, 0.25) is 0 Å². The average molecular weight is 286 g/mol. The molecule has 2 rings (SSSR count). The Bertz CT molecular complexity index is 692. The van der Waals surface area contributed by atoms with Crippen molar-refractivity contribution in [3.05, 3.63) is 58.7 Å². The van der Waals surface area contributed by atoms with Gasteiger partial charge in [0.05, 0.1) is 11.6 Å². The van der Waals surface area contributed by atoms with Gasteiger partial charge in [0.1, 0.15) is 5.69 Å². The molecule has 0 heterocycles. The van der Waals surface area contributed by atoms with Crippen molar-refractivity contribution in [2.24, 2.45) is 0 Å². The van der Waals surface area contributed by atoms with Crippen LogP contribution in [0.3, 0.4) is 0 Å². The number of nitrogens with one attached hydrogen (secondary N) is 1. The van der Waals surface area contributed by atoms with Crippen molar-refractivity contribution in [3.8, 4) is 6.07 Å². The standard InChI is InChI=1S/C17H16F2N2/c1-10(2)13-6-4-5-11(3)16(13)21-17-14(18)7-12(9-20)8-15(17)19/h4-8,10,21H,1-3H3. The van der Waals surface area contributed by atoms with E-state index in [-0.39, 0.29) is 17.2 Å². The van der Waals surface area contributed by atoms with Gasteiger partial charge < -0.3 is 5.32 Å². The number of nitriles is 1. The van der Waals surface area contributed by atoms with Crippen molar-refractivity contribution >= 4 is 11.4 Å². The third kappa shape index (κ3) is 3.03. The van der Waals surface area contributed by atoms with Gasteiger partial charge in [-0.1, -0.05) is 32.0 Å². The van der Waals surface area contributed by atoms with E-state index in [0.717, 1.165) is 23.3 Å². The van der Waals surface area contributed by atoms with Crippen molar-refractivity contribution in [2.75, 3.05) is 5.32 Å². The first-order valence-electron chi connectivity index (χ1n) is 6.69. The molecule has 0 spiro atoms. The molecule has 2 nitrogen and oxygen atoms in total. The maximum atomic E-state index is 14.0. The third-order valence-corrected chi connectivity index (χ3v) is 3.35. The molecule has 0 radical (unpaired) electrons. The summed E-state index contributed by atoms with van der Waals surface area (Å²) in [5.41, 5.74) is 2.33. The fourth-order valence-electron chi connectivity index (χ4n) is 2.22. The second-order valence-corrected chi connectivity index (χ2v) is 5.25. The quantitative estimate of drug-likeness (QED) is 0.860. The fourth-order valence-corrected chi connectivity index (χ4v) is 2.22. The van der Waals surface area contributed by atoms with Crippen LogP contribution >= 0.6 is 0 Å². The highest BCUT2D eigenvalue weighted by atomic mass is 19.1. The molecule has 4 heteroatoms. The zero-order chi connectivity index (χ0) is 15.6. The number of hydrogen-bond acceptors (Lipinski definition) is 2. The third-order valence-electron chi connectivity index (χ3n) is 3.35. The molecular weight excluding hydrogens is 270 g/mol. The molecule has 0 aliphatic rings. The van der Waals surface area contributed by atoms with Gasteiger partial charge in [-0.2, -0.15) is 5.26 Å². The lowest BCUT2D eigenvalue weighted by Crippen LogP contribution is -2.04. The first-order chi connectivity index (χ1) is 9.93. The predicted molar refractivity (Wildman–Crippen MR) is 79.6 cm³/mol. The first-order valence-corrected chi connectivity index (χ1v) is 6.69. The smallest absolute Gasteiger partial charge is 0.150 e. The van der Waals surface area contributed by atoms with Gasteiger partial charge in [0.25, 0.3) is 0 Å². The van der Waals surface area contributed by atoms with E-state index in [1.807, 2.05) is 39.0 Å². The Morgan fingerprint density at radius 1 is 1.10 bits per heavy atom. The molecule has 0 aliphatic carbocycles. The molecule has 0 amide bonds. The highest BCUT2D eigenvalue weighted by Gasteiger charge is 2.15. The Kier molecular flexibility index (Phi) is 4.23. The lowest BCUT2D eigenvalue weighted by molar-refractivity contribution is 0.590. The molecule has 0 saturated heterocycles. The predicted octanol–water partition coefficient (Wildman–Crippen LogP) is 5.01. The maximum absolute atomic E-state index is 14.0. The molecule has 0 aromatic heterocycles. The van der Waals surface area contributed by atoms with Crippen LogP contribution in [0.2, 0.25) is 0 Å². The van der Waals surface area contributed by atoms with Crippen molar-refractivity contribution < 1.29 is 8.78 Å². The maximum Gasteiger partial charge on any atom is 0.150 e. The molecule has 1 N–H and O–H groups in total. The van der Waals surface area contributed by atoms with E-state index in [2.05, 4.69) is 5.32 Å². The molecule has 108 valence electrons. The number of para-hydroxylation sites is 1. The number of rotatable bonds is 3. The van der Waals surface area contributed by atoms with Gasteiger partial charge in [-0.25, -0.2) is 8.78 Å². The van der Waals surface area contributed by atoms with Gasteiger partial charge in [-0.15, -0.1) is 0 Å². The van der Waals surface area contributed by atoms with E-state index in [1.165, 1.54) is 0 Å². The minimum atomic E-state index is -0.774. The number of nitrogens with zero attached hydrogens (tertiary/aromatic N) is 1. The zero-order valence-electron chi connectivity index (χ0n) is 12.2. The monoisotopic (exact) mass is 286 g/mol. The van der Waals surface area contributed by atoms with Crippen molar-refractivity contribution in [1.82, 2.24) is 0 Å². The lowest BCUT2D eigenvalue weighted by Gasteiger charge is -2.18. The Morgan fingerprint density at radius 3 is 2.24 bits per heavy atom. The molecular formula is C17H16F2N2. The van der Waals surface area contributed by atoms with Crippen LogP contribution in [0, 0.1) is 29.9 Å². The fraction of sp³-hybridized carbons (Fsp3) is 0.235. The normalized spacial score (nSPS) is 10.5. The van der Waals surface area contributed by atoms with E-state index in [0.29, 0.717) is 5.69 Å². The molecule has 0 atom stereocenters. The number of anilines is 2. The largest absolute Gasteiger partial charge is 0.350 e. The van der Waals surface area contributed by atoms with Crippen LogP contribution in [0.25, 0.3) is 0 Å². The van der Waals surface area contributed by atoms with Crippen LogP contribution in [0.15, 0.2) is 30.3 Å². The summed E-state index contributed by atoms with van der Waals surface area (Å²) in [4.78, 5) is 0.